The fourth-order valence-corrected chi connectivity index (χ4v) is 1.96. The highest BCUT2D eigenvalue weighted by Crippen LogP contribution is 2.17. The molecule has 1 atom stereocenters. The molecule has 0 spiro atoms. The molecule has 0 bridgehead atoms. The van der Waals surface area contributed by atoms with E-state index in [1.54, 1.807) is 6.07 Å². The molecule has 2 rings (SSSR count). The third-order valence-corrected chi connectivity index (χ3v) is 2.83. The fourth-order valence-electron chi connectivity index (χ4n) is 1.96. The van der Waals surface area contributed by atoms with Gasteiger partial charge in [0, 0.05) is 19.1 Å². The number of nitrogens with zero attached hydrogens (tertiary/aromatic N) is 1. The second kappa shape index (κ2) is 4.67. The van der Waals surface area contributed by atoms with Gasteiger partial charge in [-0.1, -0.05) is 0 Å². The summed E-state index contributed by atoms with van der Waals surface area (Å²) in [7, 11) is 1.37. The van der Waals surface area contributed by atoms with Crippen molar-refractivity contribution in [1.82, 2.24) is 4.90 Å². The van der Waals surface area contributed by atoms with Crippen LogP contribution in [-0.2, 0) is 11.3 Å². The van der Waals surface area contributed by atoms with Gasteiger partial charge in [-0.05, 0) is 12.5 Å². The van der Waals surface area contributed by atoms with E-state index in [1.165, 1.54) is 13.4 Å². The van der Waals surface area contributed by atoms with E-state index >= 15 is 0 Å². The summed E-state index contributed by atoms with van der Waals surface area (Å²) in [6.07, 6.45) is 2.51. The van der Waals surface area contributed by atoms with E-state index in [4.69, 9.17) is 10.2 Å². The number of likely N-dealkylation sites (tertiary alicyclic amines) is 1. The van der Waals surface area contributed by atoms with Crippen molar-refractivity contribution in [3.63, 3.8) is 0 Å². The molecule has 2 N–H and O–H groups in total. The smallest absolute Gasteiger partial charge is 0.341 e. The third-order valence-electron chi connectivity index (χ3n) is 2.83. The quantitative estimate of drug-likeness (QED) is 0.761. The van der Waals surface area contributed by atoms with Crippen molar-refractivity contribution in [3.8, 4) is 0 Å². The lowest BCUT2D eigenvalue weighted by atomic mass is 10.2. The average Bonchev–Trinajstić information content (AvgIpc) is 2.87. The van der Waals surface area contributed by atoms with Gasteiger partial charge in [0.05, 0.1) is 19.9 Å². The molecule has 1 saturated heterocycles. The highest BCUT2D eigenvalue weighted by atomic mass is 16.5. The Labute approximate surface area is 94.1 Å². The van der Waals surface area contributed by atoms with Gasteiger partial charge in [0.15, 0.2) is 0 Å². The molecule has 88 valence electrons. The number of carbonyl (C=O) groups is 1. The SMILES string of the molecule is COC(=O)c1ccoc1CN1CCC(N)C1. The molecule has 0 radical (unpaired) electrons. The molecule has 1 aromatic heterocycles. The molecule has 1 aromatic rings. The van der Waals surface area contributed by atoms with Gasteiger partial charge in [0.1, 0.15) is 11.3 Å². The molecular formula is C11H16N2O3. The van der Waals surface area contributed by atoms with Crippen molar-refractivity contribution in [2.45, 2.75) is 19.0 Å². The standard InChI is InChI=1S/C11H16N2O3/c1-15-11(14)9-3-5-16-10(9)7-13-4-2-8(12)6-13/h3,5,8H,2,4,6-7,12H2,1H3. The van der Waals surface area contributed by atoms with E-state index in [1.807, 2.05) is 0 Å². The van der Waals surface area contributed by atoms with Gasteiger partial charge in [-0.2, -0.15) is 0 Å². The van der Waals surface area contributed by atoms with Crippen LogP contribution in [0.25, 0.3) is 0 Å². The number of esters is 1. The molecule has 0 saturated carbocycles. The van der Waals surface area contributed by atoms with Gasteiger partial charge < -0.3 is 14.9 Å². The van der Waals surface area contributed by atoms with Gasteiger partial charge in [0.2, 0.25) is 0 Å². The lowest BCUT2D eigenvalue weighted by molar-refractivity contribution is 0.0596. The molecule has 0 aliphatic carbocycles. The lowest BCUT2D eigenvalue weighted by Crippen LogP contribution is -2.26. The van der Waals surface area contributed by atoms with E-state index in [0.29, 0.717) is 17.9 Å². The number of furan rings is 1. The number of hydrogen-bond donors (Lipinski definition) is 1. The van der Waals surface area contributed by atoms with Crippen molar-refractivity contribution >= 4 is 5.97 Å². The van der Waals surface area contributed by atoms with Crippen LogP contribution in [0, 0.1) is 0 Å². The van der Waals surface area contributed by atoms with E-state index in [9.17, 15) is 4.79 Å². The Kier molecular flexibility index (Phi) is 3.26. The van der Waals surface area contributed by atoms with Crippen LogP contribution in [0.3, 0.4) is 0 Å². The summed E-state index contributed by atoms with van der Waals surface area (Å²) in [4.78, 5) is 13.6. The van der Waals surface area contributed by atoms with Crippen LogP contribution in [-0.4, -0.2) is 37.1 Å². The van der Waals surface area contributed by atoms with Crippen LogP contribution in [0.15, 0.2) is 16.7 Å². The van der Waals surface area contributed by atoms with Gasteiger partial charge in [-0.25, -0.2) is 4.79 Å². The summed E-state index contributed by atoms with van der Waals surface area (Å²) in [5.74, 6) is 0.299. The Morgan fingerprint density at radius 1 is 1.75 bits per heavy atom. The maximum absolute atomic E-state index is 11.4. The summed E-state index contributed by atoms with van der Waals surface area (Å²) in [5.41, 5.74) is 6.32. The number of rotatable bonds is 3. The average molecular weight is 224 g/mol. The molecule has 2 heterocycles. The molecule has 0 aromatic carbocycles. The second-order valence-electron chi connectivity index (χ2n) is 4.03. The monoisotopic (exact) mass is 224 g/mol. The summed E-state index contributed by atoms with van der Waals surface area (Å²) in [6, 6.07) is 1.87. The minimum absolute atomic E-state index is 0.233. The van der Waals surface area contributed by atoms with Gasteiger partial charge >= 0.3 is 5.97 Å². The number of methoxy groups -OCH3 is 1. The molecule has 1 aliphatic heterocycles. The topological polar surface area (TPSA) is 68.7 Å². The van der Waals surface area contributed by atoms with E-state index in [0.717, 1.165) is 19.5 Å². The zero-order valence-electron chi connectivity index (χ0n) is 9.31. The first-order valence-electron chi connectivity index (χ1n) is 5.33. The lowest BCUT2D eigenvalue weighted by Gasteiger charge is -2.13. The van der Waals surface area contributed by atoms with Crippen LogP contribution >= 0.6 is 0 Å². The predicted molar refractivity (Wildman–Crippen MR) is 57.9 cm³/mol. The van der Waals surface area contributed by atoms with Gasteiger partial charge in [-0.3, -0.25) is 4.90 Å². The number of ether oxygens (including phenoxy) is 1. The molecule has 1 fully saturated rings. The zero-order chi connectivity index (χ0) is 11.5. The highest BCUT2D eigenvalue weighted by Gasteiger charge is 2.23. The Morgan fingerprint density at radius 3 is 3.19 bits per heavy atom. The predicted octanol–water partition coefficient (Wildman–Crippen LogP) is 0.599. The summed E-state index contributed by atoms with van der Waals surface area (Å²) in [6.45, 7) is 2.41. The first-order chi connectivity index (χ1) is 7.70. The molecule has 1 aliphatic rings. The van der Waals surface area contributed by atoms with Crippen molar-refractivity contribution in [2.75, 3.05) is 20.2 Å². The van der Waals surface area contributed by atoms with Crippen molar-refractivity contribution < 1.29 is 13.9 Å². The summed E-state index contributed by atoms with van der Waals surface area (Å²) in [5, 5.41) is 0. The van der Waals surface area contributed by atoms with Crippen LogP contribution in [0.2, 0.25) is 0 Å². The van der Waals surface area contributed by atoms with Crippen LogP contribution in [0.5, 0.6) is 0 Å². The van der Waals surface area contributed by atoms with Crippen molar-refractivity contribution in [1.29, 1.82) is 0 Å². The second-order valence-corrected chi connectivity index (χ2v) is 4.03. The molecular weight excluding hydrogens is 208 g/mol. The number of nitrogens with two attached hydrogens (primary N) is 1. The third kappa shape index (κ3) is 2.25. The van der Waals surface area contributed by atoms with Crippen molar-refractivity contribution in [3.05, 3.63) is 23.7 Å². The number of carbonyl (C=O) groups excluding carboxylic acids is 1. The number of hydrogen-bond acceptors (Lipinski definition) is 5. The van der Waals surface area contributed by atoms with Gasteiger partial charge in [-0.15, -0.1) is 0 Å². The Morgan fingerprint density at radius 2 is 2.56 bits per heavy atom. The largest absolute Gasteiger partial charge is 0.467 e. The van der Waals surface area contributed by atoms with E-state index < -0.39 is 0 Å². The maximum Gasteiger partial charge on any atom is 0.341 e. The Hall–Kier alpha value is -1.33. The maximum atomic E-state index is 11.4. The van der Waals surface area contributed by atoms with Crippen molar-refractivity contribution in [2.24, 2.45) is 5.73 Å². The molecule has 5 nitrogen and oxygen atoms in total. The summed E-state index contributed by atoms with van der Waals surface area (Å²) < 4.78 is 9.98. The van der Waals surface area contributed by atoms with E-state index in [-0.39, 0.29) is 12.0 Å². The van der Waals surface area contributed by atoms with Crippen LogP contribution in [0.1, 0.15) is 22.5 Å². The Balaban J connectivity index is 2.04. The summed E-state index contributed by atoms with van der Waals surface area (Å²) >= 11 is 0. The van der Waals surface area contributed by atoms with Crippen LogP contribution < -0.4 is 5.73 Å². The first kappa shape index (κ1) is 11.2. The first-order valence-corrected chi connectivity index (χ1v) is 5.33. The fraction of sp³-hybridized carbons (Fsp3) is 0.545. The van der Waals surface area contributed by atoms with E-state index in [2.05, 4.69) is 9.64 Å². The molecule has 1 unspecified atom stereocenters. The minimum Gasteiger partial charge on any atom is -0.467 e. The minimum atomic E-state index is -0.354. The van der Waals surface area contributed by atoms with Crippen LogP contribution in [0.4, 0.5) is 0 Å². The molecule has 5 heteroatoms. The zero-order valence-corrected chi connectivity index (χ0v) is 9.31. The normalized spacial score (nSPS) is 21.2. The highest BCUT2D eigenvalue weighted by molar-refractivity contribution is 5.90. The molecule has 0 amide bonds. The Bertz CT molecular complexity index is 375. The molecule has 16 heavy (non-hydrogen) atoms. The van der Waals surface area contributed by atoms with Gasteiger partial charge in [0.25, 0.3) is 0 Å².